The molecule has 0 amide bonds. The lowest BCUT2D eigenvalue weighted by atomic mass is 10.1. The van der Waals surface area contributed by atoms with Gasteiger partial charge in [0.15, 0.2) is 0 Å². The van der Waals surface area contributed by atoms with Crippen LogP contribution in [0.3, 0.4) is 0 Å². The van der Waals surface area contributed by atoms with Crippen molar-refractivity contribution in [3.8, 4) is 0 Å². The van der Waals surface area contributed by atoms with Crippen LogP contribution in [-0.2, 0) is 13.0 Å². The van der Waals surface area contributed by atoms with Crippen LogP contribution in [-0.4, -0.2) is 23.6 Å². The third-order valence-electron chi connectivity index (χ3n) is 3.30. The number of nitrogens with one attached hydrogen (secondary N) is 1. The summed E-state index contributed by atoms with van der Waals surface area (Å²) < 4.78 is 5.42. The Balaban J connectivity index is 2.23. The van der Waals surface area contributed by atoms with Crippen LogP contribution in [0.2, 0.25) is 0 Å². The van der Waals surface area contributed by atoms with Gasteiger partial charge in [-0.2, -0.15) is 0 Å². The van der Waals surface area contributed by atoms with E-state index in [1.807, 2.05) is 19.2 Å². The molecule has 0 aromatic carbocycles. The molecule has 2 heterocycles. The molecule has 114 valence electrons. The van der Waals surface area contributed by atoms with Gasteiger partial charge in [0.2, 0.25) is 0 Å². The molecule has 0 radical (unpaired) electrons. The number of hydrogen-bond acceptors (Lipinski definition) is 5. The van der Waals surface area contributed by atoms with E-state index in [4.69, 9.17) is 4.42 Å². The fourth-order valence-electron chi connectivity index (χ4n) is 2.32. The van der Waals surface area contributed by atoms with E-state index in [-0.39, 0.29) is 0 Å². The molecule has 2 aromatic heterocycles. The Morgan fingerprint density at radius 1 is 1.24 bits per heavy atom. The Labute approximate surface area is 126 Å². The summed E-state index contributed by atoms with van der Waals surface area (Å²) in [7, 11) is 2.04. The molecule has 21 heavy (non-hydrogen) atoms. The number of aromatic nitrogens is 2. The Morgan fingerprint density at radius 2 is 2.10 bits per heavy atom. The standard InChI is InChI=1S/C16H24N4O/c1-4-7-14-15(17-9-5-2)18-12-19-16(14)20(3)11-13-8-6-10-21-13/h6,8,10,12H,4-5,7,9,11H2,1-3H3,(H,17,18,19). The van der Waals surface area contributed by atoms with Crippen LogP contribution < -0.4 is 10.2 Å². The van der Waals surface area contributed by atoms with Gasteiger partial charge in [-0.25, -0.2) is 9.97 Å². The fourth-order valence-corrected chi connectivity index (χ4v) is 2.32. The maximum Gasteiger partial charge on any atom is 0.137 e. The first kappa shape index (κ1) is 15.4. The van der Waals surface area contributed by atoms with Gasteiger partial charge < -0.3 is 14.6 Å². The quantitative estimate of drug-likeness (QED) is 0.806. The van der Waals surface area contributed by atoms with Crippen molar-refractivity contribution in [1.29, 1.82) is 0 Å². The van der Waals surface area contributed by atoms with Crippen molar-refractivity contribution in [1.82, 2.24) is 9.97 Å². The second-order valence-corrected chi connectivity index (χ2v) is 5.14. The average molecular weight is 288 g/mol. The molecule has 0 unspecified atom stereocenters. The number of furan rings is 1. The molecule has 5 nitrogen and oxygen atoms in total. The summed E-state index contributed by atoms with van der Waals surface area (Å²) in [6.07, 6.45) is 6.43. The summed E-state index contributed by atoms with van der Waals surface area (Å²) in [6.45, 7) is 5.95. The smallest absolute Gasteiger partial charge is 0.137 e. The van der Waals surface area contributed by atoms with Crippen molar-refractivity contribution in [2.24, 2.45) is 0 Å². The monoisotopic (exact) mass is 288 g/mol. The van der Waals surface area contributed by atoms with Crippen molar-refractivity contribution >= 4 is 11.6 Å². The van der Waals surface area contributed by atoms with Crippen molar-refractivity contribution < 1.29 is 4.42 Å². The van der Waals surface area contributed by atoms with Crippen molar-refractivity contribution in [3.05, 3.63) is 36.0 Å². The third-order valence-corrected chi connectivity index (χ3v) is 3.30. The molecule has 0 spiro atoms. The summed E-state index contributed by atoms with van der Waals surface area (Å²) in [5.41, 5.74) is 1.18. The van der Waals surface area contributed by atoms with E-state index in [1.165, 1.54) is 5.56 Å². The summed E-state index contributed by atoms with van der Waals surface area (Å²) in [5.74, 6) is 2.86. The van der Waals surface area contributed by atoms with Crippen molar-refractivity contribution in [2.75, 3.05) is 23.8 Å². The molecule has 0 fully saturated rings. The van der Waals surface area contributed by atoms with Crippen molar-refractivity contribution in [2.45, 2.75) is 39.7 Å². The average Bonchev–Trinajstić information content (AvgIpc) is 2.99. The number of anilines is 2. The lowest BCUT2D eigenvalue weighted by Crippen LogP contribution is -2.20. The van der Waals surface area contributed by atoms with Crippen LogP contribution in [0.1, 0.15) is 38.0 Å². The Kier molecular flexibility index (Phi) is 5.60. The molecule has 2 aromatic rings. The highest BCUT2D eigenvalue weighted by Crippen LogP contribution is 2.25. The lowest BCUT2D eigenvalue weighted by molar-refractivity contribution is 0.506. The van der Waals surface area contributed by atoms with Crippen LogP contribution in [0.15, 0.2) is 29.1 Å². The van der Waals surface area contributed by atoms with Crippen LogP contribution in [0.5, 0.6) is 0 Å². The fraction of sp³-hybridized carbons (Fsp3) is 0.500. The largest absolute Gasteiger partial charge is 0.467 e. The summed E-state index contributed by atoms with van der Waals surface area (Å²) in [5, 5.41) is 3.40. The van der Waals surface area contributed by atoms with E-state index < -0.39 is 0 Å². The van der Waals surface area contributed by atoms with Gasteiger partial charge in [0.1, 0.15) is 23.7 Å². The normalized spacial score (nSPS) is 10.6. The number of nitrogens with zero attached hydrogens (tertiary/aromatic N) is 3. The minimum absolute atomic E-state index is 0.702. The molecule has 0 saturated carbocycles. The highest BCUT2D eigenvalue weighted by atomic mass is 16.3. The van der Waals surface area contributed by atoms with E-state index in [0.717, 1.165) is 43.2 Å². The predicted octanol–water partition coefficient (Wildman–Crippen LogP) is 3.48. The SMILES string of the molecule is CCCNc1ncnc(N(C)Cc2ccco2)c1CCC. The third kappa shape index (κ3) is 3.97. The molecule has 5 heteroatoms. The van der Waals surface area contributed by atoms with Gasteiger partial charge in [-0.1, -0.05) is 20.3 Å². The van der Waals surface area contributed by atoms with Crippen molar-refractivity contribution in [3.63, 3.8) is 0 Å². The molecular formula is C16H24N4O. The zero-order valence-electron chi connectivity index (χ0n) is 13.1. The molecular weight excluding hydrogens is 264 g/mol. The summed E-state index contributed by atoms with van der Waals surface area (Å²) in [6, 6.07) is 3.89. The van der Waals surface area contributed by atoms with Crippen LogP contribution in [0, 0.1) is 0 Å². The summed E-state index contributed by atoms with van der Waals surface area (Å²) >= 11 is 0. The Hall–Kier alpha value is -2.04. The molecule has 0 saturated heterocycles. The highest BCUT2D eigenvalue weighted by molar-refractivity contribution is 5.58. The van der Waals surface area contributed by atoms with E-state index in [2.05, 4.69) is 34.0 Å². The van der Waals surface area contributed by atoms with E-state index in [0.29, 0.717) is 6.54 Å². The zero-order chi connectivity index (χ0) is 15.1. The summed E-state index contributed by atoms with van der Waals surface area (Å²) in [4.78, 5) is 11.0. The van der Waals surface area contributed by atoms with Gasteiger partial charge in [0.25, 0.3) is 0 Å². The maximum absolute atomic E-state index is 5.42. The molecule has 0 bridgehead atoms. The topological polar surface area (TPSA) is 54.2 Å². The lowest BCUT2D eigenvalue weighted by Gasteiger charge is -2.21. The molecule has 0 atom stereocenters. The molecule has 0 aliphatic rings. The van der Waals surface area contributed by atoms with Gasteiger partial charge >= 0.3 is 0 Å². The minimum atomic E-state index is 0.702. The number of rotatable bonds is 8. The Bertz CT molecular complexity index is 539. The molecule has 2 rings (SSSR count). The minimum Gasteiger partial charge on any atom is -0.467 e. The van der Waals surface area contributed by atoms with Crippen LogP contribution >= 0.6 is 0 Å². The van der Waals surface area contributed by atoms with E-state index in [1.54, 1.807) is 12.6 Å². The van der Waals surface area contributed by atoms with E-state index >= 15 is 0 Å². The second-order valence-electron chi connectivity index (χ2n) is 5.14. The first-order chi connectivity index (χ1) is 10.3. The van der Waals surface area contributed by atoms with E-state index in [9.17, 15) is 0 Å². The first-order valence-electron chi connectivity index (χ1n) is 7.57. The first-order valence-corrected chi connectivity index (χ1v) is 7.57. The number of hydrogen-bond donors (Lipinski definition) is 1. The van der Waals surface area contributed by atoms with Gasteiger partial charge in [0, 0.05) is 19.2 Å². The van der Waals surface area contributed by atoms with Gasteiger partial charge in [0.05, 0.1) is 12.8 Å². The van der Waals surface area contributed by atoms with Crippen LogP contribution in [0.25, 0.3) is 0 Å². The molecule has 0 aliphatic carbocycles. The van der Waals surface area contributed by atoms with Gasteiger partial charge in [-0.05, 0) is 25.0 Å². The molecule has 1 N–H and O–H groups in total. The second kappa shape index (κ2) is 7.67. The van der Waals surface area contributed by atoms with Gasteiger partial charge in [-0.3, -0.25) is 0 Å². The van der Waals surface area contributed by atoms with Gasteiger partial charge in [-0.15, -0.1) is 0 Å². The molecule has 0 aliphatic heterocycles. The zero-order valence-corrected chi connectivity index (χ0v) is 13.1. The van der Waals surface area contributed by atoms with Crippen LogP contribution in [0.4, 0.5) is 11.6 Å². The highest BCUT2D eigenvalue weighted by Gasteiger charge is 2.15. The predicted molar refractivity (Wildman–Crippen MR) is 85.6 cm³/mol. The Morgan fingerprint density at radius 3 is 2.76 bits per heavy atom. The maximum atomic E-state index is 5.42.